The first-order valence-corrected chi connectivity index (χ1v) is 5.41. The van der Waals surface area contributed by atoms with Crippen molar-refractivity contribution in [3.63, 3.8) is 0 Å². The van der Waals surface area contributed by atoms with E-state index in [4.69, 9.17) is 10.1 Å². The highest BCUT2D eigenvalue weighted by Gasteiger charge is 2.30. The van der Waals surface area contributed by atoms with Crippen LogP contribution in [-0.2, 0) is 4.74 Å². The Labute approximate surface area is 108 Å². The highest BCUT2D eigenvalue weighted by atomic mass is 19.4. The lowest BCUT2D eigenvalue weighted by molar-refractivity contribution is -0.274. The lowest BCUT2D eigenvalue weighted by Gasteiger charge is -2.09. The third kappa shape index (κ3) is 6.35. The van der Waals surface area contributed by atoms with Gasteiger partial charge in [0, 0.05) is 18.0 Å². The first-order chi connectivity index (χ1) is 8.90. The van der Waals surface area contributed by atoms with Crippen molar-refractivity contribution in [2.24, 2.45) is 0 Å². The average Bonchev–Trinajstić information content (AvgIpc) is 2.30. The molecule has 7 heteroatoms. The van der Waals surface area contributed by atoms with Gasteiger partial charge in [-0.05, 0) is 31.2 Å². The van der Waals surface area contributed by atoms with Gasteiger partial charge in [0.15, 0.2) is 0 Å². The lowest BCUT2D eigenvalue weighted by atomic mass is 10.3. The minimum absolute atomic E-state index is 0.00738. The van der Waals surface area contributed by atoms with Crippen LogP contribution < -0.4 is 10.1 Å². The number of nitrogens with one attached hydrogen (secondary N) is 2. The van der Waals surface area contributed by atoms with Gasteiger partial charge in [-0.2, -0.15) is 0 Å². The zero-order valence-electron chi connectivity index (χ0n) is 10.1. The molecule has 19 heavy (non-hydrogen) atoms. The van der Waals surface area contributed by atoms with Crippen LogP contribution in [0.4, 0.5) is 18.9 Å². The lowest BCUT2D eigenvalue weighted by Crippen LogP contribution is -2.16. The summed E-state index contributed by atoms with van der Waals surface area (Å²) in [5.74, 6) is -0.295. The quantitative estimate of drug-likeness (QED) is 0.638. The van der Waals surface area contributed by atoms with E-state index in [9.17, 15) is 13.2 Å². The van der Waals surface area contributed by atoms with Crippen molar-refractivity contribution < 1.29 is 22.6 Å². The third-order valence-electron chi connectivity index (χ3n) is 1.87. The number of hydrogen-bond donors (Lipinski definition) is 2. The van der Waals surface area contributed by atoms with Crippen LogP contribution in [0.25, 0.3) is 0 Å². The van der Waals surface area contributed by atoms with E-state index in [1.54, 1.807) is 6.92 Å². The molecular weight excluding hydrogens is 261 g/mol. The molecule has 0 aliphatic heterocycles. The van der Waals surface area contributed by atoms with Crippen molar-refractivity contribution in [1.29, 1.82) is 5.41 Å². The molecule has 0 spiro atoms. The van der Waals surface area contributed by atoms with Crippen molar-refractivity contribution in [2.75, 3.05) is 11.9 Å². The SMILES string of the molecule is CCOC(=N)/C=C\Nc1ccc(OC(F)(F)F)cc1. The van der Waals surface area contributed by atoms with Crippen molar-refractivity contribution in [3.05, 3.63) is 36.5 Å². The van der Waals surface area contributed by atoms with E-state index in [-0.39, 0.29) is 11.6 Å². The van der Waals surface area contributed by atoms with Crippen LogP contribution >= 0.6 is 0 Å². The van der Waals surface area contributed by atoms with Crippen LogP contribution in [0.5, 0.6) is 5.75 Å². The van der Waals surface area contributed by atoms with Gasteiger partial charge in [-0.3, -0.25) is 5.41 Å². The molecule has 0 saturated carbocycles. The van der Waals surface area contributed by atoms with E-state index in [2.05, 4.69) is 10.1 Å². The largest absolute Gasteiger partial charge is 0.573 e. The number of hydrogen-bond acceptors (Lipinski definition) is 4. The minimum atomic E-state index is -4.69. The average molecular weight is 274 g/mol. The monoisotopic (exact) mass is 274 g/mol. The van der Waals surface area contributed by atoms with E-state index >= 15 is 0 Å². The van der Waals surface area contributed by atoms with Crippen molar-refractivity contribution in [3.8, 4) is 5.75 Å². The Morgan fingerprint density at radius 2 is 1.95 bits per heavy atom. The van der Waals surface area contributed by atoms with Gasteiger partial charge in [0.05, 0.1) is 6.61 Å². The molecule has 0 atom stereocenters. The molecule has 0 bridgehead atoms. The number of anilines is 1. The van der Waals surface area contributed by atoms with Gasteiger partial charge in [-0.1, -0.05) is 0 Å². The topological polar surface area (TPSA) is 54.3 Å². The minimum Gasteiger partial charge on any atom is -0.478 e. The molecule has 2 N–H and O–H groups in total. The van der Waals surface area contributed by atoms with E-state index in [1.165, 1.54) is 36.5 Å². The van der Waals surface area contributed by atoms with E-state index in [0.29, 0.717) is 12.3 Å². The smallest absolute Gasteiger partial charge is 0.478 e. The van der Waals surface area contributed by atoms with Crippen LogP contribution in [0.15, 0.2) is 36.5 Å². The second-order valence-corrected chi connectivity index (χ2v) is 3.35. The summed E-state index contributed by atoms with van der Waals surface area (Å²) in [6, 6.07) is 5.24. The molecule has 0 radical (unpaired) electrons. The van der Waals surface area contributed by atoms with Gasteiger partial charge in [0.25, 0.3) is 0 Å². The maximum atomic E-state index is 11.9. The molecule has 1 rings (SSSR count). The second-order valence-electron chi connectivity index (χ2n) is 3.35. The standard InChI is InChI=1S/C12H13F3N2O2/c1-2-18-11(16)7-8-17-9-3-5-10(6-4-9)19-12(13,14)15/h3-8,16-17H,2H2,1H3/b8-7-,16-11?. The molecule has 0 aromatic heterocycles. The fourth-order valence-corrected chi connectivity index (χ4v) is 1.17. The van der Waals surface area contributed by atoms with E-state index in [1.807, 2.05) is 0 Å². The van der Waals surface area contributed by atoms with Crippen molar-refractivity contribution >= 4 is 11.6 Å². The summed E-state index contributed by atoms with van der Waals surface area (Å²) < 4.78 is 44.4. The Morgan fingerprint density at radius 1 is 1.32 bits per heavy atom. The van der Waals surface area contributed by atoms with Gasteiger partial charge in [-0.15, -0.1) is 13.2 Å². The highest BCUT2D eigenvalue weighted by Crippen LogP contribution is 2.23. The van der Waals surface area contributed by atoms with Crippen LogP contribution in [0.3, 0.4) is 0 Å². The second kappa shape index (κ2) is 6.67. The molecule has 0 heterocycles. The maximum Gasteiger partial charge on any atom is 0.573 e. The normalized spacial score (nSPS) is 11.4. The predicted molar refractivity (Wildman–Crippen MR) is 65.2 cm³/mol. The van der Waals surface area contributed by atoms with Crippen LogP contribution in [-0.4, -0.2) is 18.9 Å². The Kier molecular flexibility index (Phi) is 5.23. The number of alkyl halides is 3. The summed E-state index contributed by atoms with van der Waals surface area (Å²) in [4.78, 5) is 0. The van der Waals surface area contributed by atoms with Gasteiger partial charge >= 0.3 is 6.36 Å². The van der Waals surface area contributed by atoms with Gasteiger partial charge in [-0.25, -0.2) is 0 Å². The van der Waals surface area contributed by atoms with Gasteiger partial charge < -0.3 is 14.8 Å². The Hall–Kier alpha value is -2.18. The summed E-state index contributed by atoms with van der Waals surface area (Å²) in [6.07, 6.45) is -1.84. The molecule has 1 aromatic rings. The van der Waals surface area contributed by atoms with Crippen LogP contribution in [0, 0.1) is 5.41 Å². The Bertz CT molecular complexity index is 441. The fourth-order valence-electron chi connectivity index (χ4n) is 1.17. The molecule has 0 aliphatic carbocycles. The highest BCUT2D eigenvalue weighted by molar-refractivity contribution is 5.85. The first kappa shape index (κ1) is 14.9. The summed E-state index contributed by atoms with van der Waals surface area (Å²) >= 11 is 0. The number of benzene rings is 1. The zero-order chi connectivity index (χ0) is 14.3. The molecule has 0 saturated heterocycles. The fraction of sp³-hybridized carbons (Fsp3) is 0.250. The molecule has 104 valence electrons. The molecule has 0 fully saturated rings. The summed E-state index contributed by atoms with van der Waals surface area (Å²) in [6.45, 7) is 2.15. The summed E-state index contributed by atoms with van der Waals surface area (Å²) in [5.41, 5.74) is 0.565. The zero-order valence-corrected chi connectivity index (χ0v) is 10.1. The van der Waals surface area contributed by atoms with Crippen molar-refractivity contribution in [2.45, 2.75) is 13.3 Å². The molecule has 0 amide bonds. The van der Waals surface area contributed by atoms with Gasteiger partial charge in [0.1, 0.15) is 5.75 Å². The van der Waals surface area contributed by atoms with E-state index < -0.39 is 6.36 Å². The number of rotatable bonds is 5. The maximum absolute atomic E-state index is 11.9. The summed E-state index contributed by atoms with van der Waals surface area (Å²) in [5, 5.41) is 10.1. The Morgan fingerprint density at radius 3 is 2.47 bits per heavy atom. The van der Waals surface area contributed by atoms with E-state index in [0.717, 1.165) is 0 Å². The molecule has 0 unspecified atom stereocenters. The number of ether oxygens (including phenoxy) is 2. The van der Waals surface area contributed by atoms with Crippen LogP contribution in [0.1, 0.15) is 6.92 Å². The summed E-state index contributed by atoms with van der Waals surface area (Å²) in [7, 11) is 0. The molecule has 0 aliphatic rings. The molecule has 4 nitrogen and oxygen atoms in total. The number of halogens is 3. The third-order valence-corrected chi connectivity index (χ3v) is 1.87. The molecule has 1 aromatic carbocycles. The van der Waals surface area contributed by atoms with Gasteiger partial charge in [0.2, 0.25) is 5.90 Å². The van der Waals surface area contributed by atoms with Crippen LogP contribution in [0.2, 0.25) is 0 Å². The molecular formula is C12H13F3N2O2. The predicted octanol–water partition coefficient (Wildman–Crippen LogP) is 3.52. The Balaban J connectivity index is 2.51. The van der Waals surface area contributed by atoms with Crippen molar-refractivity contribution in [1.82, 2.24) is 0 Å². The first-order valence-electron chi connectivity index (χ1n) is 5.41.